The molecule has 4 rings (SSSR count). The van der Waals surface area contributed by atoms with Crippen LogP contribution < -0.4 is 21.1 Å². The molecule has 0 bridgehead atoms. The fourth-order valence-corrected chi connectivity index (χ4v) is 5.06. The lowest BCUT2D eigenvalue weighted by atomic mass is 10.2. The molecule has 0 radical (unpaired) electrons. The van der Waals surface area contributed by atoms with Gasteiger partial charge in [-0.05, 0) is 35.2 Å². The van der Waals surface area contributed by atoms with Crippen LogP contribution >= 0.6 is 23.1 Å². The van der Waals surface area contributed by atoms with E-state index in [0.29, 0.717) is 5.69 Å². The Hall–Kier alpha value is -3.50. The number of hydrogen-bond donors (Lipinski definition) is 4. The molecule has 0 atom stereocenters. The molecular formula is C23H22N4O4S2. The van der Waals surface area contributed by atoms with Gasteiger partial charge in [-0.1, -0.05) is 36.0 Å². The van der Waals surface area contributed by atoms with E-state index in [0.717, 1.165) is 20.2 Å². The Balaban J connectivity index is 1.33. The van der Waals surface area contributed by atoms with E-state index in [-0.39, 0.29) is 37.6 Å². The van der Waals surface area contributed by atoms with Crippen LogP contribution in [-0.4, -0.2) is 29.5 Å². The second-order valence-electron chi connectivity index (χ2n) is 7.28. The minimum absolute atomic E-state index is 0.0204. The second kappa shape index (κ2) is 10.4. The van der Waals surface area contributed by atoms with Crippen molar-refractivity contribution in [3.05, 3.63) is 70.4 Å². The van der Waals surface area contributed by atoms with Crippen molar-refractivity contribution in [1.82, 2.24) is 16.2 Å². The topological polar surface area (TPSA) is 111 Å². The zero-order valence-electron chi connectivity index (χ0n) is 17.5. The Kier molecular flexibility index (Phi) is 7.16. The molecule has 8 nitrogen and oxygen atoms in total. The number of carbonyl (C=O) groups excluding carboxylic acids is 3. The highest BCUT2D eigenvalue weighted by Gasteiger charge is 2.25. The third-order valence-corrected chi connectivity index (χ3v) is 6.96. The zero-order valence-corrected chi connectivity index (χ0v) is 19.2. The maximum absolute atomic E-state index is 12.9. The molecule has 4 amide bonds. The van der Waals surface area contributed by atoms with Gasteiger partial charge in [0, 0.05) is 33.7 Å². The lowest BCUT2D eigenvalue weighted by Crippen LogP contribution is -2.49. The highest BCUT2D eigenvalue weighted by Crippen LogP contribution is 2.42. The first-order chi connectivity index (χ1) is 16.0. The number of fused-ring (bicyclic) bond motifs is 2. The molecule has 33 heavy (non-hydrogen) atoms. The quantitative estimate of drug-likeness (QED) is 0.417. The number of thiophene rings is 1. The molecule has 1 aliphatic heterocycles. The SMILES string of the molecule is O=C(Cc1cccs1)NCCC(=O)NNC(=O)N1Cc2ccccc2Sc2ccc(O)cc21. The third kappa shape index (κ3) is 5.85. The number of aromatic hydroxyl groups is 1. The van der Waals surface area contributed by atoms with Gasteiger partial charge in [-0.25, -0.2) is 10.2 Å². The average Bonchev–Trinajstić information content (AvgIpc) is 3.24. The van der Waals surface area contributed by atoms with E-state index in [1.165, 1.54) is 34.1 Å². The molecule has 0 saturated carbocycles. The van der Waals surface area contributed by atoms with Crippen LogP contribution in [0.15, 0.2) is 69.8 Å². The summed E-state index contributed by atoms with van der Waals surface area (Å²) < 4.78 is 0. The molecule has 170 valence electrons. The fourth-order valence-electron chi connectivity index (χ4n) is 3.29. The summed E-state index contributed by atoms with van der Waals surface area (Å²) in [5.41, 5.74) is 6.32. The number of nitrogens with zero attached hydrogens (tertiary/aromatic N) is 1. The first-order valence-electron chi connectivity index (χ1n) is 10.2. The largest absolute Gasteiger partial charge is 0.508 e. The molecule has 2 aromatic carbocycles. The summed E-state index contributed by atoms with van der Waals surface area (Å²) in [6.45, 7) is 0.441. The molecule has 2 heterocycles. The van der Waals surface area contributed by atoms with E-state index in [1.807, 2.05) is 41.8 Å². The first-order valence-corrected chi connectivity index (χ1v) is 11.9. The zero-order chi connectivity index (χ0) is 23.2. The van der Waals surface area contributed by atoms with Gasteiger partial charge in [0.15, 0.2) is 0 Å². The number of phenolic OH excluding ortho intramolecular Hbond substituents is 1. The van der Waals surface area contributed by atoms with Gasteiger partial charge in [0.1, 0.15) is 5.75 Å². The number of phenols is 1. The summed E-state index contributed by atoms with van der Waals surface area (Å²) in [5, 5.41) is 14.6. The van der Waals surface area contributed by atoms with Crippen molar-refractivity contribution in [2.75, 3.05) is 11.4 Å². The van der Waals surface area contributed by atoms with Gasteiger partial charge in [0.2, 0.25) is 11.8 Å². The number of anilines is 1. The molecule has 0 unspecified atom stereocenters. The Labute approximate surface area is 199 Å². The van der Waals surface area contributed by atoms with Crippen LogP contribution in [0.1, 0.15) is 16.9 Å². The van der Waals surface area contributed by atoms with Crippen LogP contribution in [0.25, 0.3) is 0 Å². The summed E-state index contributed by atoms with van der Waals surface area (Å²) in [4.78, 5) is 41.3. The van der Waals surface area contributed by atoms with Crippen LogP contribution in [0.4, 0.5) is 10.5 Å². The van der Waals surface area contributed by atoms with Crippen molar-refractivity contribution < 1.29 is 19.5 Å². The van der Waals surface area contributed by atoms with Gasteiger partial charge < -0.3 is 10.4 Å². The number of hydrogen-bond acceptors (Lipinski definition) is 6. The van der Waals surface area contributed by atoms with Crippen molar-refractivity contribution in [2.24, 2.45) is 0 Å². The third-order valence-electron chi connectivity index (χ3n) is 4.90. The number of nitrogens with one attached hydrogen (secondary N) is 3. The highest BCUT2D eigenvalue weighted by atomic mass is 32.2. The van der Waals surface area contributed by atoms with Gasteiger partial charge in [0.25, 0.3) is 0 Å². The Bertz CT molecular complexity index is 1170. The predicted octanol–water partition coefficient (Wildman–Crippen LogP) is 3.41. The molecule has 1 aliphatic rings. The van der Waals surface area contributed by atoms with E-state index >= 15 is 0 Å². The van der Waals surface area contributed by atoms with Crippen molar-refractivity contribution >= 4 is 46.6 Å². The Morgan fingerprint density at radius 2 is 1.82 bits per heavy atom. The monoisotopic (exact) mass is 482 g/mol. The number of benzene rings is 2. The van der Waals surface area contributed by atoms with E-state index in [9.17, 15) is 19.5 Å². The predicted molar refractivity (Wildman–Crippen MR) is 127 cm³/mol. The maximum atomic E-state index is 12.9. The average molecular weight is 483 g/mol. The smallest absolute Gasteiger partial charge is 0.340 e. The van der Waals surface area contributed by atoms with E-state index < -0.39 is 11.9 Å². The number of rotatable bonds is 5. The molecule has 10 heteroatoms. The van der Waals surface area contributed by atoms with Crippen LogP contribution in [0.3, 0.4) is 0 Å². The van der Waals surface area contributed by atoms with Gasteiger partial charge in [0.05, 0.1) is 18.7 Å². The van der Waals surface area contributed by atoms with Crippen LogP contribution in [-0.2, 0) is 22.6 Å². The summed E-state index contributed by atoms with van der Waals surface area (Å²) in [7, 11) is 0. The molecule has 3 aromatic rings. The van der Waals surface area contributed by atoms with Crippen molar-refractivity contribution in [3.63, 3.8) is 0 Å². The number of hydrazine groups is 1. The summed E-state index contributed by atoms with van der Waals surface area (Å²) >= 11 is 3.01. The van der Waals surface area contributed by atoms with Gasteiger partial charge >= 0.3 is 6.03 Å². The van der Waals surface area contributed by atoms with E-state index in [2.05, 4.69) is 16.2 Å². The van der Waals surface area contributed by atoms with E-state index in [1.54, 1.807) is 12.1 Å². The van der Waals surface area contributed by atoms with Gasteiger partial charge in [-0.2, -0.15) is 0 Å². The van der Waals surface area contributed by atoms with E-state index in [4.69, 9.17) is 0 Å². The van der Waals surface area contributed by atoms with Gasteiger partial charge in [-0.15, -0.1) is 11.3 Å². The molecule has 1 aromatic heterocycles. The molecular weight excluding hydrogens is 460 g/mol. The normalized spacial score (nSPS) is 12.2. The number of carbonyl (C=O) groups is 3. The lowest BCUT2D eigenvalue weighted by Gasteiger charge is -2.23. The summed E-state index contributed by atoms with van der Waals surface area (Å²) in [6.07, 6.45) is 0.295. The minimum Gasteiger partial charge on any atom is -0.508 e. The number of amides is 4. The highest BCUT2D eigenvalue weighted by molar-refractivity contribution is 7.99. The maximum Gasteiger partial charge on any atom is 0.340 e. The van der Waals surface area contributed by atoms with Crippen LogP contribution in [0.5, 0.6) is 5.75 Å². The van der Waals surface area contributed by atoms with Crippen molar-refractivity contribution in [3.8, 4) is 5.75 Å². The first kappa shape index (κ1) is 22.7. The molecule has 0 saturated heterocycles. The molecule has 4 N–H and O–H groups in total. The Morgan fingerprint density at radius 1 is 0.970 bits per heavy atom. The van der Waals surface area contributed by atoms with Crippen molar-refractivity contribution in [2.45, 2.75) is 29.2 Å². The summed E-state index contributed by atoms with van der Waals surface area (Å²) in [6, 6.07) is 15.8. The Morgan fingerprint density at radius 3 is 2.64 bits per heavy atom. The second-order valence-corrected chi connectivity index (χ2v) is 9.40. The van der Waals surface area contributed by atoms with Gasteiger partial charge in [-0.3, -0.25) is 19.9 Å². The molecule has 0 spiro atoms. The summed E-state index contributed by atoms with van der Waals surface area (Å²) in [5.74, 6) is -0.549. The molecule has 0 aliphatic carbocycles. The fraction of sp³-hybridized carbons (Fsp3) is 0.174. The standard InChI is InChI=1S/C23H22N4O4S2/c28-16-7-8-20-18(12-16)27(14-15-4-1-2-6-19(15)33-20)23(31)26-25-21(29)9-10-24-22(30)13-17-5-3-11-32-17/h1-8,11-12,28H,9-10,13-14H2,(H,24,30)(H,25,29)(H,26,31). The van der Waals surface area contributed by atoms with Crippen molar-refractivity contribution in [1.29, 1.82) is 0 Å². The molecule has 0 fully saturated rings. The van der Waals surface area contributed by atoms with Crippen LogP contribution in [0, 0.1) is 0 Å². The number of urea groups is 1. The van der Waals surface area contributed by atoms with Crippen LogP contribution in [0.2, 0.25) is 0 Å². The minimum atomic E-state index is -0.533. The lowest BCUT2D eigenvalue weighted by molar-refractivity contribution is -0.122.